The lowest BCUT2D eigenvalue weighted by Crippen LogP contribution is -1.94. The van der Waals surface area contributed by atoms with Crippen molar-refractivity contribution >= 4 is 11.8 Å². The van der Waals surface area contributed by atoms with Gasteiger partial charge in [-0.25, -0.2) is 9.97 Å². The first kappa shape index (κ1) is 9.26. The maximum Gasteiger partial charge on any atom is 0.187 e. The first-order valence-electron chi connectivity index (χ1n) is 3.85. The van der Waals surface area contributed by atoms with Crippen LogP contribution in [-0.2, 0) is 0 Å². The van der Waals surface area contributed by atoms with Crippen molar-refractivity contribution in [3.63, 3.8) is 0 Å². The molecular formula is C9H12N2S. The van der Waals surface area contributed by atoms with Gasteiger partial charge in [0.2, 0.25) is 0 Å². The first-order chi connectivity index (χ1) is 5.83. The van der Waals surface area contributed by atoms with Crippen LogP contribution in [0.2, 0.25) is 0 Å². The minimum atomic E-state index is 0.513. The van der Waals surface area contributed by atoms with Gasteiger partial charge in [0.1, 0.15) is 0 Å². The second-order valence-corrected chi connectivity index (χ2v) is 3.54. The Labute approximate surface area is 77.1 Å². The average molecular weight is 180 g/mol. The molecule has 0 aliphatic heterocycles. The molecule has 0 aliphatic carbocycles. The molecule has 0 N–H and O–H groups in total. The molecule has 2 nitrogen and oxygen atoms in total. The number of hydrogen-bond acceptors (Lipinski definition) is 3. The summed E-state index contributed by atoms with van der Waals surface area (Å²) in [5.74, 6) is 1.51. The van der Waals surface area contributed by atoms with Gasteiger partial charge >= 0.3 is 0 Å². The van der Waals surface area contributed by atoms with Crippen molar-refractivity contribution < 1.29 is 0 Å². The van der Waals surface area contributed by atoms with Crippen molar-refractivity contribution in [3.05, 3.63) is 31.1 Å². The van der Waals surface area contributed by atoms with E-state index in [1.54, 1.807) is 24.2 Å². The lowest BCUT2D eigenvalue weighted by Gasteiger charge is -2.02. The highest BCUT2D eigenvalue weighted by molar-refractivity contribution is 7.99. The van der Waals surface area contributed by atoms with Gasteiger partial charge in [-0.05, 0) is 12.0 Å². The summed E-state index contributed by atoms with van der Waals surface area (Å²) in [7, 11) is 0. The molecule has 1 aromatic heterocycles. The summed E-state index contributed by atoms with van der Waals surface area (Å²) in [5.41, 5.74) is 0. The minimum absolute atomic E-state index is 0.513. The van der Waals surface area contributed by atoms with Gasteiger partial charge in [0.15, 0.2) is 5.16 Å². The monoisotopic (exact) mass is 180 g/mol. The summed E-state index contributed by atoms with van der Waals surface area (Å²) in [6.45, 7) is 5.85. The molecule has 3 heteroatoms. The molecule has 0 saturated carbocycles. The zero-order valence-corrected chi connectivity index (χ0v) is 7.92. The lowest BCUT2D eigenvalue weighted by atomic mass is 10.2. The van der Waals surface area contributed by atoms with E-state index in [0.717, 1.165) is 10.9 Å². The van der Waals surface area contributed by atoms with E-state index in [9.17, 15) is 0 Å². The number of aromatic nitrogens is 2. The summed E-state index contributed by atoms with van der Waals surface area (Å²) in [6, 6.07) is 1.82. The molecular weight excluding hydrogens is 168 g/mol. The van der Waals surface area contributed by atoms with Gasteiger partial charge in [0, 0.05) is 18.1 Å². The van der Waals surface area contributed by atoms with Crippen molar-refractivity contribution in [2.75, 3.05) is 5.75 Å². The second kappa shape index (κ2) is 4.93. The molecule has 12 heavy (non-hydrogen) atoms. The van der Waals surface area contributed by atoms with Crippen LogP contribution < -0.4 is 0 Å². The van der Waals surface area contributed by atoms with Crippen molar-refractivity contribution in [1.82, 2.24) is 9.97 Å². The summed E-state index contributed by atoms with van der Waals surface area (Å²) >= 11 is 1.66. The third kappa shape index (κ3) is 3.05. The standard InChI is InChI=1S/C9H12N2S/c1-3-8(2)7-12-9-10-5-4-6-11-9/h3-6,8H,1,7H2,2H3/t8-/m0/s1. The van der Waals surface area contributed by atoms with Gasteiger partial charge in [-0.2, -0.15) is 0 Å². The van der Waals surface area contributed by atoms with Gasteiger partial charge in [-0.1, -0.05) is 24.8 Å². The number of allylic oxidation sites excluding steroid dienone is 1. The van der Waals surface area contributed by atoms with E-state index in [2.05, 4.69) is 23.5 Å². The third-order valence-corrected chi connectivity index (χ3v) is 2.58. The Morgan fingerprint density at radius 1 is 1.58 bits per heavy atom. The molecule has 1 atom stereocenters. The largest absolute Gasteiger partial charge is 0.231 e. The Balaban J connectivity index is 2.38. The van der Waals surface area contributed by atoms with E-state index in [1.807, 2.05) is 12.1 Å². The SMILES string of the molecule is C=C[C@H](C)CSc1ncccn1. The predicted molar refractivity (Wildman–Crippen MR) is 52.1 cm³/mol. The van der Waals surface area contributed by atoms with E-state index < -0.39 is 0 Å². The molecule has 1 rings (SSSR count). The molecule has 0 saturated heterocycles. The van der Waals surface area contributed by atoms with Crippen molar-refractivity contribution in [2.24, 2.45) is 5.92 Å². The zero-order chi connectivity index (χ0) is 8.81. The summed E-state index contributed by atoms with van der Waals surface area (Å²) in [4.78, 5) is 8.21. The van der Waals surface area contributed by atoms with Gasteiger partial charge in [0.25, 0.3) is 0 Å². The number of nitrogens with zero attached hydrogens (tertiary/aromatic N) is 2. The Morgan fingerprint density at radius 2 is 2.25 bits per heavy atom. The maximum absolute atomic E-state index is 4.10. The summed E-state index contributed by atoms with van der Waals surface area (Å²) in [5, 5.41) is 0.839. The fourth-order valence-corrected chi connectivity index (χ4v) is 1.45. The highest BCUT2D eigenvalue weighted by Gasteiger charge is 1.99. The molecule has 0 radical (unpaired) electrons. The minimum Gasteiger partial charge on any atom is -0.231 e. The number of rotatable bonds is 4. The molecule has 1 heterocycles. The highest BCUT2D eigenvalue weighted by atomic mass is 32.2. The van der Waals surface area contributed by atoms with E-state index >= 15 is 0 Å². The van der Waals surface area contributed by atoms with Gasteiger partial charge in [0.05, 0.1) is 0 Å². The summed E-state index contributed by atoms with van der Waals surface area (Å²) in [6.07, 6.45) is 5.46. The van der Waals surface area contributed by atoms with E-state index in [4.69, 9.17) is 0 Å². The van der Waals surface area contributed by atoms with Crippen LogP contribution in [0.3, 0.4) is 0 Å². The van der Waals surface area contributed by atoms with Gasteiger partial charge < -0.3 is 0 Å². The van der Waals surface area contributed by atoms with Crippen molar-refractivity contribution in [3.8, 4) is 0 Å². The van der Waals surface area contributed by atoms with Crippen LogP contribution in [0.25, 0.3) is 0 Å². The Hall–Kier alpha value is -0.830. The normalized spacial score (nSPS) is 12.4. The van der Waals surface area contributed by atoms with Crippen LogP contribution in [-0.4, -0.2) is 15.7 Å². The molecule has 0 unspecified atom stereocenters. The molecule has 0 aromatic carbocycles. The molecule has 1 aromatic rings. The first-order valence-corrected chi connectivity index (χ1v) is 4.84. The van der Waals surface area contributed by atoms with Crippen LogP contribution in [0.1, 0.15) is 6.92 Å². The molecule has 0 aliphatic rings. The van der Waals surface area contributed by atoms with Gasteiger partial charge in [-0.15, -0.1) is 6.58 Å². The predicted octanol–water partition coefficient (Wildman–Crippen LogP) is 2.39. The molecule has 0 spiro atoms. The molecule has 0 amide bonds. The Morgan fingerprint density at radius 3 is 2.83 bits per heavy atom. The zero-order valence-electron chi connectivity index (χ0n) is 7.10. The smallest absolute Gasteiger partial charge is 0.187 e. The van der Waals surface area contributed by atoms with E-state index in [1.165, 1.54) is 0 Å². The summed E-state index contributed by atoms with van der Waals surface area (Å²) < 4.78 is 0. The maximum atomic E-state index is 4.10. The fraction of sp³-hybridized carbons (Fsp3) is 0.333. The number of thioether (sulfide) groups is 1. The highest BCUT2D eigenvalue weighted by Crippen LogP contribution is 2.15. The quantitative estimate of drug-likeness (QED) is 0.404. The van der Waals surface area contributed by atoms with Crippen molar-refractivity contribution in [2.45, 2.75) is 12.1 Å². The third-order valence-electron chi connectivity index (χ3n) is 1.42. The number of hydrogen-bond donors (Lipinski definition) is 0. The molecule has 0 fully saturated rings. The van der Waals surface area contributed by atoms with Crippen LogP contribution in [0.15, 0.2) is 36.3 Å². The van der Waals surface area contributed by atoms with E-state index in [-0.39, 0.29) is 0 Å². The van der Waals surface area contributed by atoms with Gasteiger partial charge in [-0.3, -0.25) is 0 Å². The van der Waals surface area contributed by atoms with Crippen LogP contribution >= 0.6 is 11.8 Å². The average Bonchev–Trinajstić information content (AvgIpc) is 2.16. The van der Waals surface area contributed by atoms with Crippen LogP contribution in [0.5, 0.6) is 0 Å². The Bertz CT molecular complexity index is 236. The Kier molecular flexibility index (Phi) is 3.80. The van der Waals surface area contributed by atoms with Crippen molar-refractivity contribution in [1.29, 1.82) is 0 Å². The van der Waals surface area contributed by atoms with Crippen LogP contribution in [0, 0.1) is 5.92 Å². The van der Waals surface area contributed by atoms with Crippen LogP contribution in [0.4, 0.5) is 0 Å². The van der Waals surface area contributed by atoms with E-state index in [0.29, 0.717) is 5.92 Å². The molecule has 0 bridgehead atoms. The second-order valence-electron chi connectivity index (χ2n) is 2.56. The molecule has 64 valence electrons. The fourth-order valence-electron chi connectivity index (χ4n) is 0.634. The lowest BCUT2D eigenvalue weighted by molar-refractivity contribution is 0.843. The topological polar surface area (TPSA) is 25.8 Å².